The van der Waals surface area contributed by atoms with Gasteiger partial charge in [0.1, 0.15) is 0 Å². The van der Waals surface area contributed by atoms with Gasteiger partial charge in [0.15, 0.2) is 0 Å². The van der Waals surface area contributed by atoms with Gasteiger partial charge in [-0.05, 0) is 55.4 Å². The summed E-state index contributed by atoms with van der Waals surface area (Å²) in [6.45, 7) is 0. The molecular formula is C14H18BrClN2O. The van der Waals surface area contributed by atoms with Gasteiger partial charge in [0.05, 0.1) is 5.92 Å². The van der Waals surface area contributed by atoms with Gasteiger partial charge in [-0.3, -0.25) is 4.79 Å². The summed E-state index contributed by atoms with van der Waals surface area (Å²) in [5.41, 5.74) is 7.02. The van der Waals surface area contributed by atoms with E-state index in [-0.39, 0.29) is 30.3 Å². The van der Waals surface area contributed by atoms with Crippen LogP contribution < -0.4 is 11.1 Å². The first-order valence-electron chi connectivity index (χ1n) is 6.47. The number of fused-ring (bicyclic) bond motifs is 2. The highest BCUT2D eigenvalue weighted by molar-refractivity contribution is 9.10. The van der Waals surface area contributed by atoms with Crippen LogP contribution in [-0.2, 0) is 4.79 Å². The topological polar surface area (TPSA) is 55.1 Å². The predicted molar refractivity (Wildman–Crippen MR) is 82.3 cm³/mol. The number of benzene rings is 1. The van der Waals surface area contributed by atoms with E-state index in [1.807, 2.05) is 24.3 Å². The summed E-state index contributed by atoms with van der Waals surface area (Å²) in [7, 11) is 0. The Morgan fingerprint density at radius 3 is 2.42 bits per heavy atom. The number of carbonyl (C=O) groups is 1. The van der Waals surface area contributed by atoms with Crippen molar-refractivity contribution in [2.45, 2.75) is 25.3 Å². The van der Waals surface area contributed by atoms with Crippen LogP contribution in [0.25, 0.3) is 0 Å². The smallest absolute Gasteiger partial charge is 0.229 e. The van der Waals surface area contributed by atoms with Crippen LogP contribution in [0.1, 0.15) is 19.3 Å². The summed E-state index contributed by atoms with van der Waals surface area (Å²) in [6.07, 6.45) is 3.50. The van der Waals surface area contributed by atoms with E-state index in [0.717, 1.165) is 23.0 Å². The Labute approximate surface area is 127 Å². The van der Waals surface area contributed by atoms with Crippen molar-refractivity contribution in [1.29, 1.82) is 0 Å². The molecule has 3 nitrogen and oxygen atoms in total. The van der Waals surface area contributed by atoms with Gasteiger partial charge >= 0.3 is 0 Å². The van der Waals surface area contributed by atoms with Gasteiger partial charge in [0, 0.05) is 16.2 Å². The van der Waals surface area contributed by atoms with Crippen molar-refractivity contribution in [3.8, 4) is 0 Å². The third-order valence-corrected chi connectivity index (χ3v) is 4.92. The lowest BCUT2D eigenvalue weighted by Gasteiger charge is -2.27. The Morgan fingerprint density at radius 2 is 1.84 bits per heavy atom. The van der Waals surface area contributed by atoms with Crippen LogP contribution in [0, 0.1) is 17.8 Å². The standard InChI is InChI=1S/C14H17BrN2O.ClH/c15-10-3-5-11(6-4-10)17-14(18)12-8-1-2-9(7-8)13(12)16;/h3-6,8-9,12-13H,1-2,7,16H2,(H,17,18);1H. The Morgan fingerprint density at radius 1 is 1.21 bits per heavy atom. The molecule has 3 N–H and O–H groups in total. The Hall–Kier alpha value is -0.580. The van der Waals surface area contributed by atoms with E-state index >= 15 is 0 Å². The summed E-state index contributed by atoms with van der Waals surface area (Å²) in [6, 6.07) is 7.72. The molecule has 0 aromatic heterocycles. The summed E-state index contributed by atoms with van der Waals surface area (Å²) >= 11 is 3.38. The number of rotatable bonds is 2. The van der Waals surface area contributed by atoms with Crippen molar-refractivity contribution in [3.05, 3.63) is 28.7 Å². The largest absolute Gasteiger partial charge is 0.327 e. The van der Waals surface area contributed by atoms with Crippen LogP contribution in [0.15, 0.2) is 28.7 Å². The van der Waals surface area contributed by atoms with Crippen molar-refractivity contribution < 1.29 is 4.79 Å². The van der Waals surface area contributed by atoms with Crippen LogP contribution in [-0.4, -0.2) is 11.9 Å². The SMILES string of the molecule is Cl.NC1C2CCC(C2)C1C(=O)Nc1ccc(Br)cc1. The summed E-state index contributed by atoms with van der Waals surface area (Å²) < 4.78 is 1.01. The van der Waals surface area contributed by atoms with E-state index in [0.29, 0.717) is 11.8 Å². The van der Waals surface area contributed by atoms with Crippen LogP contribution in [0.5, 0.6) is 0 Å². The highest BCUT2D eigenvalue weighted by atomic mass is 79.9. The van der Waals surface area contributed by atoms with Gasteiger partial charge in [0.2, 0.25) is 5.91 Å². The number of amides is 1. The van der Waals surface area contributed by atoms with Gasteiger partial charge in [-0.2, -0.15) is 0 Å². The maximum Gasteiger partial charge on any atom is 0.229 e. The Balaban J connectivity index is 0.00000133. The molecule has 0 heterocycles. The van der Waals surface area contributed by atoms with E-state index in [1.165, 1.54) is 6.42 Å². The fraction of sp³-hybridized carbons (Fsp3) is 0.500. The predicted octanol–water partition coefficient (Wildman–Crippen LogP) is 3.18. The molecule has 2 saturated carbocycles. The maximum atomic E-state index is 12.3. The minimum absolute atomic E-state index is 0. The molecule has 1 amide bonds. The first-order valence-corrected chi connectivity index (χ1v) is 7.26. The van der Waals surface area contributed by atoms with Crippen LogP contribution in [0.3, 0.4) is 0 Å². The fourth-order valence-electron chi connectivity index (χ4n) is 3.48. The molecule has 19 heavy (non-hydrogen) atoms. The molecule has 2 aliphatic rings. The highest BCUT2D eigenvalue weighted by Crippen LogP contribution is 2.47. The zero-order valence-electron chi connectivity index (χ0n) is 10.5. The highest BCUT2D eigenvalue weighted by Gasteiger charge is 2.48. The number of halogens is 2. The summed E-state index contributed by atoms with van der Waals surface area (Å²) in [5, 5.41) is 2.99. The lowest BCUT2D eigenvalue weighted by molar-refractivity contribution is -0.121. The average molecular weight is 346 g/mol. The molecule has 0 aliphatic heterocycles. The molecule has 1 aromatic carbocycles. The van der Waals surface area contributed by atoms with Crippen LogP contribution in [0.4, 0.5) is 5.69 Å². The molecule has 0 saturated heterocycles. The minimum Gasteiger partial charge on any atom is -0.327 e. The lowest BCUT2D eigenvalue weighted by Crippen LogP contribution is -2.42. The molecule has 2 aliphatic carbocycles. The molecular weight excluding hydrogens is 328 g/mol. The van der Waals surface area contributed by atoms with Gasteiger partial charge in [-0.15, -0.1) is 12.4 Å². The zero-order chi connectivity index (χ0) is 12.7. The first-order chi connectivity index (χ1) is 8.65. The first kappa shape index (κ1) is 14.8. The molecule has 2 fully saturated rings. The van der Waals surface area contributed by atoms with E-state index in [1.54, 1.807) is 0 Å². The van der Waals surface area contributed by atoms with E-state index in [4.69, 9.17) is 5.73 Å². The third kappa shape index (κ3) is 2.81. The van der Waals surface area contributed by atoms with Crippen molar-refractivity contribution in [2.75, 3.05) is 5.32 Å². The lowest BCUT2D eigenvalue weighted by atomic mass is 9.84. The quantitative estimate of drug-likeness (QED) is 0.865. The second-order valence-corrected chi connectivity index (χ2v) is 6.35. The van der Waals surface area contributed by atoms with E-state index in [9.17, 15) is 4.79 Å². The monoisotopic (exact) mass is 344 g/mol. The summed E-state index contributed by atoms with van der Waals surface area (Å²) in [4.78, 5) is 12.3. The van der Waals surface area contributed by atoms with Gasteiger partial charge in [-0.25, -0.2) is 0 Å². The summed E-state index contributed by atoms with van der Waals surface area (Å²) in [5.74, 6) is 1.17. The molecule has 4 unspecified atom stereocenters. The number of nitrogens with one attached hydrogen (secondary N) is 1. The van der Waals surface area contributed by atoms with E-state index < -0.39 is 0 Å². The van der Waals surface area contributed by atoms with Crippen molar-refractivity contribution in [2.24, 2.45) is 23.5 Å². The number of hydrogen-bond donors (Lipinski definition) is 2. The average Bonchev–Trinajstić information content (AvgIpc) is 2.92. The maximum absolute atomic E-state index is 12.3. The Bertz CT molecular complexity index is 463. The molecule has 3 rings (SSSR count). The van der Waals surface area contributed by atoms with Crippen molar-refractivity contribution >= 4 is 39.9 Å². The normalized spacial score (nSPS) is 31.9. The molecule has 0 radical (unpaired) electrons. The van der Waals surface area contributed by atoms with Crippen molar-refractivity contribution in [1.82, 2.24) is 0 Å². The molecule has 104 valence electrons. The zero-order valence-corrected chi connectivity index (χ0v) is 12.9. The number of nitrogens with two attached hydrogens (primary N) is 1. The number of anilines is 1. The second kappa shape index (κ2) is 5.81. The van der Waals surface area contributed by atoms with Crippen molar-refractivity contribution in [3.63, 3.8) is 0 Å². The van der Waals surface area contributed by atoms with E-state index in [2.05, 4.69) is 21.2 Å². The molecule has 2 bridgehead atoms. The Kier molecular flexibility index (Phi) is 4.54. The number of carbonyl (C=O) groups excluding carboxylic acids is 1. The minimum atomic E-state index is 0. The molecule has 5 heteroatoms. The second-order valence-electron chi connectivity index (χ2n) is 5.43. The van der Waals surface area contributed by atoms with Crippen LogP contribution in [0.2, 0.25) is 0 Å². The van der Waals surface area contributed by atoms with Gasteiger partial charge < -0.3 is 11.1 Å². The fourth-order valence-corrected chi connectivity index (χ4v) is 3.75. The molecule has 0 spiro atoms. The third-order valence-electron chi connectivity index (χ3n) is 4.40. The van der Waals surface area contributed by atoms with Gasteiger partial charge in [-0.1, -0.05) is 15.9 Å². The molecule has 1 aromatic rings. The molecule has 4 atom stereocenters. The van der Waals surface area contributed by atoms with Gasteiger partial charge in [0.25, 0.3) is 0 Å². The number of hydrogen-bond acceptors (Lipinski definition) is 2. The van der Waals surface area contributed by atoms with Crippen LogP contribution >= 0.6 is 28.3 Å².